The highest BCUT2D eigenvalue weighted by Gasteiger charge is 2.26. The SMILES string of the molecule is O=C(c1ccccc1-c1nc(-c2cccc(Cl)c2)no1)N1CCCC(O)C1. The maximum atomic E-state index is 13.0. The van der Waals surface area contributed by atoms with Crippen LogP contribution in [0.2, 0.25) is 5.02 Å². The molecular weight excluding hydrogens is 366 g/mol. The molecule has 3 aromatic rings. The lowest BCUT2D eigenvalue weighted by atomic mass is 10.0. The van der Waals surface area contributed by atoms with Gasteiger partial charge in [0.25, 0.3) is 11.8 Å². The monoisotopic (exact) mass is 383 g/mol. The number of amides is 1. The summed E-state index contributed by atoms with van der Waals surface area (Å²) in [5, 5.41) is 14.5. The highest BCUT2D eigenvalue weighted by Crippen LogP contribution is 2.27. The standard InChI is InChI=1S/C20H18ClN3O3/c21-14-6-3-5-13(11-14)18-22-19(27-23-18)16-8-1-2-9-17(16)20(26)24-10-4-7-15(25)12-24/h1-3,5-6,8-9,11,15,25H,4,7,10,12H2. The van der Waals surface area contributed by atoms with Gasteiger partial charge in [0.1, 0.15) is 0 Å². The van der Waals surface area contributed by atoms with E-state index in [0.29, 0.717) is 35.1 Å². The molecule has 138 valence electrons. The van der Waals surface area contributed by atoms with Crippen LogP contribution in [0, 0.1) is 0 Å². The zero-order valence-electron chi connectivity index (χ0n) is 14.5. The quantitative estimate of drug-likeness (QED) is 0.746. The van der Waals surface area contributed by atoms with Gasteiger partial charge in [0.15, 0.2) is 0 Å². The molecule has 1 N–H and O–H groups in total. The van der Waals surface area contributed by atoms with Gasteiger partial charge in [0.2, 0.25) is 5.82 Å². The van der Waals surface area contributed by atoms with Gasteiger partial charge < -0.3 is 14.5 Å². The van der Waals surface area contributed by atoms with E-state index in [9.17, 15) is 9.90 Å². The zero-order valence-corrected chi connectivity index (χ0v) is 15.3. The molecule has 1 aliphatic heterocycles. The third-order valence-corrected chi connectivity index (χ3v) is 4.82. The first-order chi connectivity index (χ1) is 13.1. The van der Waals surface area contributed by atoms with Gasteiger partial charge in [0.05, 0.1) is 17.2 Å². The maximum Gasteiger partial charge on any atom is 0.259 e. The van der Waals surface area contributed by atoms with Gasteiger partial charge in [-0.3, -0.25) is 4.79 Å². The normalized spacial score (nSPS) is 17.1. The topological polar surface area (TPSA) is 79.5 Å². The molecule has 27 heavy (non-hydrogen) atoms. The molecule has 1 saturated heterocycles. The average Bonchev–Trinajstić information content (AvgIpc) is 3.17. The van der Waals surface area contributed by atoms with Gasteiger partial charge in [-0.25, -0.2) is 0 Å². The van der Waals surface area contributed by atoms with E-state index in [4.69, 9.17) is 16.1 Å². The lowest BCUT2D eigenvalue weighted by Gasteiger charge is -2.30. The summed E-state index contributed by atoms with van der Waals surface area (Å²) in [6, 6.07) is 14.3. The Morgan fingerprint density at radius 1 is 1.22 bits per heavy atom. The minimum Gasteiger partial charge on any atom is -0.391 e. The number of aliphatic hydroxyl groups is 1. The Morgan fingerprint density at radius 2 is 2.07 bits per heavy atom. The van der Waals surface area contributed by atoms with Crippen molar-refractivity contribution in [1.82, 2.24) is 15.0 Å². The van der Waals surface area contributed by atoms with E-state index in [1.807, 2.05) is 18.2 Å². The van der Waals surface area contributed by atoms with Crippen molar-refractivity contribution in [2.75, 3.05) is 13.1 Å². The molecule has 1 aromatic heterocycles. The maximum absolute atomic E-state index is 13.0. The van der Waals surface area contributed by atoms with Crippen LogP contribution in [-0.4, -0.2) is 45.2 Å². The molecule has 1 unspecified atom stereocenters. The van der Waals surface area contributed by atoms with Gasteiger partial charge in [-0.15, -0.1) is 0 Å². The number of rotatable bonds is 3. The smallest absolute Gasteiger partial charge is 0.259 e. The molecule has 1 amide bonds. The molecule has 0 saturated carbocycles. The van der Waals surface area contributed by atoms with Crippen molar-refractivity contribution in [2.24, 2.45) is 0 Å². The van der Waals surface area contributed by atoms with E-state index < -0.39 is 6.10 Å². The van der Waals surface area contributed by atoms with Crippen LogP contribution >= 0.6 is 11.6 Å². The Balaban J connectivity index is 1.66. The van der Waals surface area contributed by atoms with Crippen LogP contribution in [0.15, 0.2) is 53.1 Å². The van der Waals surface area contributed by atoms with Crippen LogP contribution in [-0.2, 0) is 0 Å². The van der Waals surface area contributed by atoms with Gasteiger partial charge >= 0.3 is 0 Å². The number of β-amino-alcohol motifs (C(OH)–C–C–N with tert-alkyl or cyclic N) is 1. The molecular formula is C20H18ClN3O3. The van der Waals surface area contributed by atoms with Crippen molar-refractivity contribution in [3.63, 3.8) is 0 Å². The van der Waals surface area contributed by atoms with E-state index in [1.54, 1.807) is 35.2 Å². The zero-order chi connectivity index (χ0) is 18.8. The fraction of sp³-hybridized carbons (Fsp3) is 0.250. The fourth-order valence-corrected chi connectivity index (χ4v) is 3.43. The number of aliphatic hydroxyl groups excluding tert-OH is 1. The van der Waals surface area contributed by atoms with E-state index in [0.717, 1.165) is 18.4 Å². The first-order valence-corrected chi connectivity index (χ1v) is 9.16. The molecule has 4 rings (SSSR count). The number of benzene rings is 2. The first-order valence-electron chi connectivity index (χ1n) is 8.78. The molecule has 0 spiro atoms. The number of piperidine rings is 1. The molecule has 2 heterocycles. The number of hydrogen-bond acceptors (Lipinski definition) is 5. The van der Waals surface area contributed by atoms with Gasteiger partial charge in [-0.1, -0.05) is 41.0 Å². The first kappa shape index (κ1) is 17.7. The molecule has 2 aromatic carbocycles. The number of likely N-dealkylation sites (tertiary alicyclic amines) is 1. The van der Waals surface area contributed by atoms with Gasteiger partial charge in [-0.2, -0.15) is 4.98 Å². The van der Waals surface area contributed by atoms with Crippen molar-refractivity contribution in [2.45, 2.75) is 18.9 Å². The van der Waals surface area contributed by atoms with Crippen molar-refractivity contribution >= 4 is 17.5 Å². The summed E-state index contributed by atoms with van der Waals surface area (Å²) in [7, 11) is 0. The van der Waals surface area contributed by atoms with E-state index in [-0.39, 0.29) is 11.8 Å². The third kappa shape index (κ3) is 3.72. The molecule has 0 aliphatic carbocycles. The third-order valence-electron chi connectivity index (χ3n) is 4.58. The van der Waals surface area contributed by atoms with Crippen LogP contribution in [0.5, 0.6) is 0 Å². The highest BCUT2D eigenvalue weighted by molar-refractivity contribution is 6.30. The Morgan fingerprint density at radius 3 is 2.89 bits per heavy atom. The Kier molecular flexibility index (Phi) is 4.92. The molecule has 1 fully saturated rings. The summed E-state index contributed by atoms with van der Waals surface area (Å²) in [6.07, 6.45) is 1.03. The predicted octanol–water partition coefficient (Wildman–Crippen LogP) is 3.65. The van der Waals surface area contributed by atoms with Crippen LogP contribution in [0.25, 0.3) is 22.8 Å². The van der Waals surface area contributed by atoms with Crippen LogP contribution < -0.4 is 0 Å². The van der Waals surface area contributed by atoms with Crippen LogP contribution in [0.4, 0.5) is 0 Å². The number of carbonyl (C=O) groups excluding carboxylic acids is 1. The van der Waals surface area contributed by atoms with Crippen molar-refractivity contribution < 1.29 is 14.4 Å². The van der Waals surface area contributed by atoms with Gasteiger partial charge in [-0.05, 0) is 37.1 Å². The average molecular weight is 384 g/mol. The number of carbonyl (C=O) groups is 1. The van der Waals surface area contributed by atoms with Crippen molar-refractivity contribution in [1.29, 1.82) is 0 Å². The summed E-state index contributed by atoms with van der Waals surface area (Å²) in [6.45, 7) is 0.965. The second-order valence-corrected chi connectivity index (χ2v) is 6.96. The molecule has 0 radical (unpaired) electrons. The lowest BCUT2D eigenvalue weighted by molar-refractivity contribution is 0.0474. The molecule has 7 heteroatoms. The Hall–Kier alpha value is -2.70. The fourth-order valence-electron chi connectivity index (χ4n) is 3.24. The minimum absolute atomic E-state index is 0.146. The number of hydrogen-bond donors (Lipinski definition) is 1. The van der Waals surface area contributed by atoms with Crippen molar-refractivity contribution in [3.05, 3.63) is 59.1 Å². The minimum atomic E-state index is -0.479. The molecule has 0 bridgehead atoms. The lowest BCUT2D eigenvalue weighted by Crippen LogP contribution is -2.42. The summed E-state index contributed by atoms with van der Waals surface area (Å²) in [5.74, 6) is 0.529. The largest absolute Gasteiger partial charge is 0.391 e. The number of nitrogens with zero attached hydrogens (tertiary/aromatic N) is 3. The van der Waals surface area contributed by atoms with Crippen LogP contribution in [0.1, 0.15) is 23.2 Å². The second kappa shape index (κ2) is 7.50. The summed E-state index contributed by atoms with van der Waals surface area (Å²) >= 11 is 6.03. The van der Waals surface area contributed by atoms with Crippen molar-refractivity contribution in [3.8, 4) is 22.8 Å². The van der Waals surface area contributed by atoms with Gasteiger partial charge in [0, 0.05) is 23.7 Å². The molecule has 1 atom stereocenters. The second-order valence-electron chi connectivity index (χ2n) is 6.53. The Labute approximate surface area is 161 Å². The summed E-state index contributed by atoms with van der Waals surface area (Å²) in [5.41, 5.74) is 1.79. The summed E-state index contributed by atoms with van der Waals surface area (Å²) < 4.78 is 5.42. The summed E-state index contributed by atoms with van der Waals surface area (Å²) in [4.78, 5) is 19.1. The molecule has 1 aliphatic rings. The van der Waals surface area contributed by atoms with E-state index in [1.165, 1.54) is 0 Å². The predicted molar refractivity (Wildman–Crippen MR) is 101 cm³/mol. The molecule has 6 nitrogen and oxygen atoms in total. The van der Waals surface area contributed by atoms with Crippen LogP contribution in [0.3, 0.4) is 0 Å². The highest BCUT2D eigenvalue weighted by atomic mass is 35.5. The Bertz CT molecular complexity index is 972. The number of halogens is 1. The van der Waals surface area contributed by atoms with E-state index >= 15 is 0 Å². The number of aromatic nitrogens is 2. The van der Waals surface area contributed by atoms with E-state index in [2.05, 4.69) is 10.1 Å².